The minimum absolute atomic E-state index is 0.459. The van der Waals surface area contributed by atoms with Crippen molar-refractivity contribution < 1.29 is 0 Å². The van der Waals surface area contributed by atoms with E-state index in [9.17, 15) is 0 Å². The monoisotopic (exact) mass is 257 g/mol. The number of aromatic nitrogens is 2. The third-order valence-corrected chi connectivity index (χ3v) is 3.54. The van der Waals surface area contributed by atoms with E-state index in [1.165, 1.54) is 16.7 Å². The quantitative estimate of drug-likeness (QED) is 0.892. The van der Waals surface area contributed by atoms with Gasteiger partial charge in [0.1, 0.15) is 0 Å². The van der Waals surface area contributed by atoms with Crippen LogP contribution in [0.5, 0.6) is 0 Å². The molecule has 0 aliphatic heterocycles. The second kappa shape index (κ2) is 6.02. The molecule has 0 saturated heterocycles. The van der Waals surface area contributed by atoms with Gasteiger partial charge in [0.15, 0.2) is 0 Å². The number of benzene rings is 1. The first-order chi connectivity index (χ1) is 9.06. The van der Waals surface area contributed by atoms with Crippen LogP contribution in [-0.2, 0) is 20.0 Å². The Morgan fingerprint density at radius 3 is 2.58 bits per heavy atom. The van der Waals surface area contributed by atoms with E-state index < -0.39 is 0 Å². The molecule has 1 heterocycles. The van der Waals surface area contributed by atoms with Gasteiger partial charge in [0.2, 0.25) is 0 Å². The highest BCUT2D eigenvalue weighted by atomic mass is 15.2. The van der Waals surface area contributed by atoms with Crippen molar-refractivity contribution in [2.75, 3.05) is 0 Å². The molecule has 0 aliphatic rings. The molecule has 0 aliphatic carbocycles. The molecule has 1 unspecified atom stereocenters. The number of nitrogens with zero attached hydrogens (tertiary/aromatic N) is 2. The van der Waals surface area contributed by atoms with Crippen LogP contribution in [0.1, 0.15) is 29.3 Å². The Bertz CT molecular complexity index is 543. The summed E-state index contributed by atoms with van der Waals surface area (Å²) in [5, 5.41) is 7.94. The van der Waals surface area contributed by atoms with Crippen LogP contribution in [0, 0.1) is 13.8 Å². The third-order valence-electron chi connectivity index (χ3n) is 3.54. The van der Waals surface area contributed by atoms with Gasteiger partial charge < -0.3 is 5.32 Å². The highest BCUT2D eigenvalue weighted by molar-refractivity contribution is 5.26. The molecule has 1 aromatic carbocycles. The molecule has 1 aromatic heterocycles. The van der Waals surface area contributed by atoms with Crippen molar-refractivity contribution in [1.82, 2.24) is 15.1 Å². The van der Waals surface area contributed by atoms with Gasteiger partial charge in [-0.1, -0.05) is 24.3 Å². The van der Waals surface area contributed by atoms with Crippen molar-refractivity contribution in [3.05, 3.63) is 52.8 Å². The summed E-state index contributed by atoms with van der Waals surface area (Å²) < 4.78 is 1.87. The molecular formula is C16H23N3. The molecule has 19 heavy (non-hydrogen) atoms. The molecular weight excluding hydrogens is 234 g/mol. The molecule has 0 amide bonds. The molecule has 1 N–H and O–H groups in total. The Labute approximate surface area is 115 Å². The van der Waals surface area contributed by atoms with Crippen LogP contribution < -0.4 is 5.32 Å². The molecule has 0 radical (unpaired) electrons. The summed E-state index contributed by atoms with van der Waals surface area (Å²) in [7, 11) is 1.97. The Balaban J connectivity index is 1.90. The Kier molecular flexibility index (Phi) is 4.38. The minimum atomic E-state index is 0.459. The summed E-state index contributed by atoms with van der Waals surface area (Å²) in [5.74, 6) is 0. The van der Waals surface area contributed by atoms with Crippen molar-refractivity contribution in [1.29, 1.82) is 0 Å². The van der Waals surface area contributed by atoms with Crippen molar-refractivity contribution in [3.63, 3.8) is 0 Å². The summed E-state index contributed by atoms with van der Waals surface area (Å²) in [6.45, 7) is 7.35. The van der Waals surface area contributed by atoms with Gasteiger partial charge in [-0.15, -0.1) is 0 Å². The van der Waals surface area contributed by atoms with Crippen LogP contribution in [0.25, 0.3) is 0 Å². The highest BCUT2D eigenvalue weighted by Crippen LogP contribution is 2.10. The molecule has 0 saturated carbocycles. The van der Waals surface area contributed by atoms with Crippen LogP contribution in [-0.4, -0.2) is 15.8 Å². The van der Waals surface area contributed by atoms with Gasteiger partial charge in [-0.3, -0.25) is 4.68 Å². The van der Waals surface area contributed by atoms with Crippen molar-refractivity contribution in [2.24, 2.45) is 7.05 Å². The molecule has 3 heteroatoms. The van der Waals surface area contributed by atoms with Crippen LogP contribution >= 0.6 is 0 Å². The average molecular weight is 257 g/mol. The Hall–Kier alpha value is -1.61. The number of nitrogens with one attached hydrogen (secondary N) is 1. The van der Waals surface area contributed by atoms with Crippen molar-refractivity contribution in [3.8, 4) is 0 Å². The molecule has 102 valence electrons. The predicted octanol–water partition coefficient (Wildman–Crippen LogP) is 2.76. The summed E-state index contributed by atoms with van der Waals surface area (Å²) in [4.78, 5) is 0. The van der Waals surface area contributed by atoms with E-state index in [0.29, 0.717) is 6.04 Å². The van der Waals surface area contributed by atoms with E-state index in [0.717, 1.165) is 18.7 Å². The van der Waals surface area contributed by atoms with Gasteiger partial charge in [0.25, 0.3) is 0 Å². The Morgan fingerprint density at radius 2 is 1.95 bits per heavy atom. The smallest absolute Gasteiger partial charge is 0.0638 e. The van der Waals surface area contributed by atoms with E-state index >= 15 is 0 Å². The zero-order chi connectivity index (χ0) is 13.8. The zero-order valence-corrected chi connectivity index (χ0v) is 12.3. The van der Waals surface area contributed by atoms with Gasteiger partial charge in [0, 0.05) is 31.4 Å². The van der Waals surface area contributed by atoms with Crippen LogP contribution in [0.3, 0.4) is 0 Å². The fourth-order valence-corrected chi connectivity index (χ4v) is 2.35. The maximum Gasteiger partial charge on any atom is 0.0638 e. The number of rotatable bonds is 5. The standard InChI is InChI=1S/C16H23N3/c1-12-7-5-6-8-15(12)9-13(2)17-10-16-11-19(4)18-14(16)3/h5-8,11,13,17H,9-10H2,1-4H3. The van der Waals surface area contributed by atoms with Crippen molar-refractivity contribution >= 4 is 0 Å². The van der Waals surface area contributed by atoms with E-state index in [4.69, 9.17) is 0 Å². The van der Waals surface area contributed by atoms with Crippen molar-refractivity contribution in [2.45, 2.75) is 39.8 Å². The normalized spacial score (nSPS) is 12.6. The maximum atomic E-state index is 4.36. The maximum absolute atomic E-state index is 4.36. The Morgan fingerprint density at radius 1 is 1.21 bits per heavy atom. The molecule has 0 fully saturated rings. The lowest BCUT2D eigenvalue weighted by Gasteiger charge is -2.15. The lowest BCUT2D eigenvalue weighted by atomic mass is 10.0. The fraction of sp³-hybridized carbons (Fsp3) is 0.438. The van der Waals surface area contributed by atoms with Gasteiger partial charge >= 0.3 is 0 Å². The van der Waals surface area contributed by atoms with Crippen LogP contribution in [0.2, 0.25) is 0 Å². The fourth-order valence-electron chi connectivity index (χ4n) is 2.35. The number of hydrogen-bond donors (Lipinski definition) is 1. The van der Waals surface area contributed by atoms with Gasteiger partial charge in [0.05, 0.1) is 5.69 Å². The average Bonchev–Trinajstić information content (AvgIpc) is 2.68. The van der Waals surface area contributed by atoms with E-state index in [1.54, 1.807) is 0 Å². The number of aryl methyl sites for hydroxylation is 3. The largest absolute Gasteiger partial charge is 0.310 e. The molecule has 1 atom stereocenters. The van der Waals surface area contributed by atoms with Crippen LogP contribution in [0.4, 0.5) is 0 Å². The first-order valence-corrected chi connectivity index (χ1v) is 6.83. The zero-order valence-electron chi connectivity index (χ0n) is 12.3. The van der Waals surface area contributed by atoms with E-state index in [-0.39, 0.29) is 0 Å². The van der Waals surface area contributed by atoms with Gasteiger partial charge in [-0.05, 0) is 38.3 Å². The second-order valence-corrected chi connectivity index (χ2v) is 5.33. The summed E-state index contributed by atoms with van der Waals surface area (Å²) in [5.41, 5.74) is 5.18. The second-order valence-electron chi connectivity index (χ2n) is 5.33. The molecule has 2 aromatic rings. The first kappa shape index (κ1) is 13.8. The summed E-state index contributed by atoms with van der Waals surface area (Å²) >= 11 is 0. The lowest BCUT2D eigenvalue weighted by molar-refractivity contribution is 0.543. The highest BCUT2D eigenvalue weighted by Gasteiger charge is 2.07. The predicted molar refractivity (Wildman–Crippen MR) is 79.1 cm³/mol. The topological polar surface area (TPSA) is 29.9 Å². The van der Waals surface area contributed by atoms with Crippen LogP contribution in [0.15, 0.2) is 30.5 Å². The number of hydrogen-bond acceptors (Lipinski definition) is 2. The van der Waals surface area contributed by atoms with Gasteiger partial charge in [-0.2, -0.15) is 5.10 Å². The minimum Gasteiger partial charge on any atom is -0.310 e. The third kappa shape index (κ3) is 3.67. The lowest BCUT2D eigenvalue weighted by Crippen LogP contribution is -2.27. The summed E-state index contributed by atoms with van der Waals surface area (Å²) in [6, 6.07) is 9.05. The van der Waals surface area contributed by atoms with E-state index in [1.807, 2.05) is 11.7 Å². The SMILES string of the molecule is Cc1ccccc1CC(C)NCc1cn(C)nc1C. The van der Waals surface area contributed by atoms with E-state index in [2.05, 4.69) is 61.6 Å². The molecule has 0 spiro atoms. The summed E-state index contributed by atoms with van der Waals surface area (Å²) in [6.07, 6.45) is 3.15. The molecule has 3 nitrogen and oxygen atoms in total. The van der Waals surface area contributed by atoms with Gasteiger partial charge in [-0.25, -0.2) is 0 Å². The molecule has 0 bridgehead atoms. The molecule has 2 rings (SSSR count). The first-order valence-electron chi connectivity index (χ1n) is 6.83.